The Labute approximate surface area is 137 Å². The third-order valence-electron chi connectivity index (χ3n) is 5.60. The lowest BCUT2D eigenvalue weighted by atomic mass is 9.94. The van der Waals surface area contributed by atoms with Crippen molar-refractivity contribution in [1.82, 2.24) is 15.2 Å². The van der Waals surface area contributed by atoms with Crippen molar-refractivity contribution >= 4 is 10.9 Å². The SMILES string of the molecule is CC1Cc2c(c3cccc(F)c3n2CCC2CCNCC2)CN1. The highest BCUT2D eigenvalue weighted by atomic mass is 19.1. The summed E-state index contributed by atoms with van der Waals surface area (Å²) in [7, 11) is 0. The lowest BCUT2D eigenvalue weighted by Crippen LogP contribution is -2.33. The number of piperidine rings is 1. The Balaban J connectivity index is 1.70. The molecule has 124 valence electrons. The van der Waals surface area contributed by atoms with E-state index in [0.717, 1.165) is 55.8 Å². The molecule has 3 heterocycles. The monoisotopic (exact) mass is 315 g/mol. The first-order valence-electron chi connectivity index (χ1n) is 8.96. The molecule has 1 fully saturated rings. The van der Waals surface area contributed by atoms with Crippen molar-refractivity contribution in [3.8, 4) is 0 Å². The molecule has 1 aromatic heterocycles. The zero-order chi connectivity index (χ0) is 15.8. The van der Waals surface area contributed by atoms with E-state index in [1.165, 1.54) is 24.1 Å². The average Bonchev–Trinajstić information content (AvgIpc) is 2.88. The highest BCUT2D eigenvalue weighted by molar-refractivity contribution is 5.86. The summed E-state index contributed by atoms with van der Waals surface area (Å²) in [4.78, 5) is 0. The Kier molecular flexibility index (Phi) is 4.12. The molecule has 0 amide bonds. The molecule has 3 nitrogen and oxygen atoms in total. The van der Waals surface area contributed by atoms with Crippen LogP contribution in [-0.4, -0.2) is 23.7 Å². The van der Waals surface area contributed by atoms with Crippen molar-refractivity contribution < 1.29 is 4.39 Å². The van der Waals surface area contributed by atoms with Gasteiger partial charge in [-0.3, -0.25) is 0 Å². The summed E-state index contributed by atoms with van der Waals surface area (Å²) >= 11 is 0. The molecule has 2 aliphatic rings. The molecule has 1 aromatic carbocycles. The summed E-state index contributed by atoms with van der Waals surface area (Å²) in [6.07, 6.45) is 4.66. The summed E-state index contributed by atoms with van der Waals surface area (Å²) in [5, 5.41) is 8.05. The predicted molar refractivity (Wildman–Crippen MR) is 92.1 cm³/mol. The largest absolute Gasteiger partial charge is 0.342 e. The van der Waals surface area contributed by atoms with Crippen LogP contribution in [0, 0.1) is 11.7 Å². The zero-order valence-corrected chi connectivity index (χ0v) is 13.9. The Morgan fingerprint density at radius 3 is 2.91 bits per heavy atom. The number of hydrogen-bond donors (Lipinski definition) is 2. The van der Waals surface area contributed by atoms with Crippen molar-refractivity contribution in [3.05, 3.63) is 35.3 Å². The van der Waals surface area contributed by atoms with Crippen LogP contribution >= 0.6 is 0 Å². The third kappa shape index (κ3) is 2.79. The summed E-state index contributed by atoms with van der Waals surface area (Å²) in [5.74, 6) is 0.699. The van der Waals surface area contributed by atoms with Gasteiger partial charge >= 0.3 is 0 Å². The van der Waals surface area contributed by atoms with E-state index < -0.39 is 0 Å². The van der Waals surface area contributed by atoms with Gasteiger partial charge in [0, 0.05) is 36.6 Å². The smallest absolute Gasteiger partial charge is 0.147 e. The maximum atomic E-state index is 14.5. The highest BCUT2D eigenvalue weighted by Crippen LogP contribution is 2.32. The second-order valence-electron chi connectivity index (χ2n) is 7.18. The van der Waals surface area contributed by atoms with Gasteiger partial charge in [0.2, 0.25) is 0 Å². The minimum Gasteiger partial charge on any atom is -0.342 e. The van der Waals surface area contributed by atoms with Crippen LogP contribution in [-0.2, 0) is 19.5 Å². The molecule has 1 saturated heterocycles. The second kappa shape index (κ2) is 6.25. The molecule has 0 saturated carbocycles. The number of aromatic nitrogens is 1. The number of aryl methyl sites for hydroxylation is 1. The first-order valence-corrected chi connectivity index (χ1v) is 8.96. The summed E-state index contributed by atoms with van der Waals surface area (Å²) in [5.41, 5.74) is 3.48. The highest BCUT2D eigenvalue weighted by Gasteiger charge is 2.25. The van der Waals surface area contributed by atoms with Gasteiger partial charge in [-0.25, -0.2) is 4.39 Å². The van der Waals surface area contributed by atoms with Gasteiger partial charge in [0.15, 0.2) is 0 Å². The molecule has 4 heteroatoms. The average molecular weight is 315 g/mol. The molecule has 0 radical (unpaired) electrons. The predicted octanol–water partition coefficient (Wildman–Crippen LogP) is 3.20. The summed E-state index contributed by atoms with van der Waals surface area (Å²) in [6.45, 7) is 6.28. The molecule has 0 aliphatic carbocycles. The number of nitrogens with zero attached hydrogens (tertiary/aromatic N) is 1. The molecule has 0 bridgehead atoms. The number of nitrogens with one attached hydrogen (secondary N) is 2. The van der Waals surface area contributed by atoms with Crippen molar-refractivity contribution in [2.45, 2.75) is 51.7 Å². The number of halogens is 1. The normalized spacial score (nSPS) is 22.4. The van der Waals surface area contributed by atoms with Crippen molar-refractivity contribution in [1.29, 1.82) is 0 Å². The van der Waals surface area contributed by atoms with Gasteiger partial charge in [0.1, 0.15) is 5.82 Å². The molecule has 23 heavy (non-hydrogen) atoms. The molecule has 0 spiro atoms. The molecular weight excluding hydrogens is 289 g/mol. The van der Waals surface area contributed by atoms with Crippen LogP contribution in [0.3, 0.4) is 0 Å². The lowest BCUT2D eigenvalue weighted by Gasteiger charge is -2.25. The van der Waals surface area contributed by atoms with Crippen LogP contribution in [0.15, 0.2) is 18.2 Å². The van der Waals surface area contributed by atoms with Crippen LogP contribution in [0.2, 0.25) is 0 Å². The minimum absolute atomic E-state index is 0.0742. The van der Waals surface area contributed by atoms with Crippen molar-refractivity contribution in [2.24, 2.45) is 5.92 Å². The molecular formula is C19H26FN3. The topological polar surface area (TPSA) is 29.0 Å². The van der Waals surface area contributed by atoms with Crippen LogP contribution < -0.4 is 10.6 Å². The number of benzene rings is 1. The van der Waals surface area contributed by atoms with Gasteiger partial charge in [0.25, 0.3) is 0 Å². The van der Waals surface area contributed by atoms with Crippen LogP contribution in [0.5, 0.6) is 0 Å². The first kappa shape index (κ1) is 15.2. The Morgan fingerprint density at radius 2 is 2.09 bits per heavy atom. The maximum Gasteiger partial charge on any atom is 0.147 e. The minimum atomic E-state index is -0.0742. The first-order chi connectivity index (χ1) is 11.2. The molecule has 2 aliphatic heterocycles. The third-order valence-corrected chi connectivity index (χ3v) is 5.60. The Hall–Kier alpha value is -1.39. The Bertz CT molecular complexity index is 700. The van der Waals surface area contributed by atoms with Gasteiger partial charge in [-0.15, -0.1) is 0 Å². The van der Waals surface area contributed by atoms with Crippen LogP contribution in [0.25, 0.3) is 10.9 Å². The van der Waals surface area contributed by atoms with E-state index in [1.54, 1.807) is 6.07 Å². The fourth-order valence-electron chi connectivity index (χ4n) is 4.28. The van der Waals surface area contributed by atoms with Crippen molar-refractivity contribution in [2.75, 3.05) is 13.1 Å². The van der Waals surface area contributed by atoms with E-state index in [4.69, 9.17) is 0 Å². The number of rotatable bonds is 3. The molecule has 4 rings (SSSR count). The number of fused-ring (bicyclic) bond motifs is 3. The van der Waals surface area contributed by atoms with Gasteiger partial charge in [-0.1, -0.05) is 12.1 Å². The van der Waals surface area contributed by atoms with Gasteiger partial charge in [-0.2, -0.15) is 0 Å². The van der Waals surface area contributed by atoms with Gasteiger partial charge < -0.3 is 15.2 Å². The zero-order valence-electron chi connectivity index (χ0n) is 13.9. The molecule has 1 atom stereocenters. The van der Waals surface area contributed by atoms with E-state index in [0.29, 0.717) is 6.04 Å². The van der Waals surface area contributed by atoms with E-state index in [2.05, 4.69) is 28.2 Å². The van der Waals surface area contributed by atoms with Crippen LogP contribution in [0.4, 0.5) is 4.39 Å². The van der Waals surface area contributed by atoms with E-state index in [1.807, 2.05) is 6.07 Å². The quantitative estimate of drug-likeness (QED) is 0.911. The molecule has 1 unspecified atom stereocenters. The summed E-state index contributed by atoms with van der Waals surface area (Å²) in [6, 6.07) is 5.99. The van der Waals surface area contributed by atoms with E-state index >= 15 is 0 Å². The standard InChI is InChI=1S/C19H26FN3/c1-13-11-18-16(12-22-13)15-3-2-4-17(20)19(15)23(18)10-7-14-5-8-21-9-6-14/h2-4,13-14,21-22H,5-12H2,1H3. The number of para-hydroxylation sites is 1. The molecule has 2 N–H and O–H groups in total. The number of hydrogen-bond acceptors (Lipinski definition) is 2. The maximum absolute atomic E-state index is 14.5. The second-order valence-corrected chi connectivity index (χ2v) is 7.18. The lowest BCUT2D eigenvalue weighted by molar-refractivity contribution is 0.336. The fourth-order valence-corrected chi connectivity index (χ4v) is 4.28. The Morgan fingerprint density at radius 1 is 1.26 bits per heavy atom. The van der Waals surface area contributed by atoms with Crippen LogP contribution in [0.1, 0.15) is 37.4 Å². The molecule has 2 aromatic rings. The van der Waals surface area contributed by atoms with E-state index in [-0.39, 0.29) is 5.82 Å². The summed E-state index contributed by atoms with van der Waals surface area (Å²) < 4.78 is 16.8. The van der Waals surface area contributed by atoms with Gasteiger partial charge in [0.05, 0.1) is 5.52 Å². The van der Waals surface area contributed by atoms with Crippen molar-refractivity contribution in [3.63, 3.8) is 0 Å². The van der Waals surface area contributed by atoms with E-state index in [9.17, 15) is 4.39 Å². The fraction of sp³-hybridized carbons (Fsp3) is 0.579. The van der Waals surface area contributed by atoms with Gasteiger partial charge in [-0.05, 0) is 56.8 Å².